The molecule has 4 aromatic carbocycles. The summed E-state index contributed by atoms with van der Waals surface area (Å²) in [5.41, 5.74) is 7.63. The molecule has 54 heavy (non-hydrogen) atoms. The number of aliphatic hydroxyl groups is 1. The van der Waals surface area contributed by atoms with Crippen molar-refractivity contribution in [3.63, 3.8) is 0 Å². The lowest BCUT2D eigenvalue weighted by molar-refractivity contribution is -0.120. The number of nitrogens with one attached hydrogen (secondary N) is 3. The lowest BCUT2D eigenvalue weighted by atomic mass is 10.0. The zero-order chi connectivity index (χ0) is 37.9. The Morgan fingerprint density at radius 1 is 0.815 bits per heavy atom. The molecule has 2 heterocycles. The summed E-state index contributed by atoms with van der Waals surface area (Å²) in [4.78, 5) is 30.1. The van der Waals surface area contributed by atoms with Crippen LogP contribution in [0.3, 0.4) is 0 Å². The molecule has 0 fully saturated rings. The maximum absolute atomic E-state index is 12.8. The van der Waals surface area contributed by atoms with Gasteiger partial charge in [-0.25, -0.2) is 4.98 Å². The number of benzene rings is 4. The van der Waals surface area contributed by atoms with E-state index in [1.54, 1.807) is 18.3 Å². The van der Waals surface area contributed by atoms with Gasteiger partial charge in [0.25, 0.3) is 5.91 Å². The van der Waals surface area contributed by atoms with E-state index in [1.807, 2.05) is 68.4 Å². The minimum absolute atomic E-state index is 0.0755. The average molecular weight is 724 g/mol. The van der Waals surface area contributed by atoms with Crippen molar-refractivity contribution in [1.82, 2.24) is 25.5 Å². The van der Waals surface area contributed by atoms with Gasteiger partial charge in [-0.15, -0.1) is 0 Å². The van der Waals surface area contributed by atoms with Crippen molar-refractivity contribution in [3.8, 4) is 5.82 Å². The minimum atomic E-state index is -0.679. The molecule has 6 aromatic rings. The zero-order valence-electron chi connectivity index (χ0n) is 31.2. The minimum Gasteiger partial charge on any atom is -0.387 e. The number of rotatable bonds is 17. The van der Waals surface area contributed by atoms with Crippen LogP contribution < -0.4 is 16.0 Å². The molecule has 9 heteroatoms. The fourth-order valence-corrected chi connectivity index (χ4v) is 6.64. The molecule has 278 valence electrons. The number of hydrogen-bond donors (Lipinski definition) is 4. The third-order valence-corrected chi connectivity index (χ3v) is 9.59. The highest BCUT2D eigenvalue weighted by atomic mass is 16.5. The predicted molar refractivity (Wildman–Crippen MR) is 214 cm³/mol. The average Bonchev–Trinajstić information content (AvgIpc) is 3.53. The van der Waals surface area contributed by atoms with Crippen LogP contribution in [0.15, 0.2) is 121 Å². The summed E-state index contributed by atoms with van der Waals surface area (Å²) < 4.78 is 7.92. The number of aliphatic hydroxyl groups excluding tert-OH is 1. The van der Waals surface area contributed by atoms with Crippen molar-refractivity contribution in [2.45, 2.75) is 58.9 Å². The smallest absolute Gasteiger partial charge is 0.251 e. The summed E-state index contributed by atoms with van der Waals surface area (Å²) in [5.74, 6) is 0.595. The van der Waals surface area contributed by atoms with Gasteiger partial charge in [-0.3, -0.25) is 9.59 Å². The molecule has 6 rings (SSSR count). The second-order valence-electron chi connectivity index (χ2n) is 13.8. The summed E-state index contributed by atoms with van der Waals surface area (Å²) in [7, 11) is 0. The Kier molecular flexibility index (Phi) is 13.0. The summed E-state index contributed by atoms with van der Waals surface area (Å²) in [6, 6.07) is 37.8. The first kappa shape index (κ1) is 38.1. The molecule has 0 saturated carbocycles. The van der Waals surface area contributed by atoms with Gasteiger partial charge in [0.15, 0.2) is 0 Å². The summed E-state index contributed by atoms with van der Waals surface area (Å²) >= 11 is 0. The number of amides is 2. The number of hydrogen-bond acceptors (Lipinski definition) is 6. The number of fused-ring (bicyclic) bond motifs is 1. The molecule has 4 N–H and O–H groups in total. The van der Waals surface area contributed by atoms with E-state index in [4.69, 9.17) is 4.74 Å². The molecule has 2 aromatic heterocycles. The molecule has 9 nitrogen and oxygen atoms in total. The molecular weight excluding hydrogens is 675 g/mol. The highest BCUT2D eigenvalue weighted by Gasteiger charge is 2.13. The van der Waals surface area contributed by atoms with Gasteiger partial charge in [0, 0.05) is 54.4 Å². The summed E-state index contributed by atoms with van der Waals surface area (Å²) in [5, 5.41) is 22.5. The maximum atomic E-state index is 12.8. The van der Waals surface area contributed by atoms with Gasteiger partial charge in [0.05, 0.1) is 25.7 Å². The van der Waals surface area contributed by atoms with Crippen LogP contribution in [-0.2, 0) is 35.5 Å². The number of ether oxygens (including phenoxy) is 1. The van der Waals surface area contributed by atoms with E-state index in [-0.39, 0.29) is 24.3 Å². The van der Waals surface area contributed by atoms with Gasteiger partial charge in [-0.2, -0.15) is 0 Å². The maximum Gasteiger partial charge on any atom is 0.251 e. The number of carbonyl (C=O) groups excluding carboxylic acids is 2. The highest BCUT2D eigenvalue weighted by Crippen LogP contribution is 2.20. The Morgan fingerprint density at radius 2 is 1.56 bits per heavy atom. The Hall–Kier alpha value is -5.61. The lowest BCUT2D eigenvalue weighted by Gasteiger charge is -2.18. The van der Waals surface area contributed by atoms with Crippen LogP contribution >= 0.6 is 0 Å². The Labute approximate surface area is 317 Å². The Morgan fingerprint density at radius 3 is 2.33 bits per heavy atom. The van der Waals surface area contributed by atoms with Crippen molar-refractivity contribution >= 4 is 22.6 Å². The monoisotopic (exact) mass is 723 g/mol. The standard InChI is InChI=1S/C45H49N5O4/c1-31(47-29-42(51)39-20-21-43(48-28-39)50-32(2)14-15-33(50)3)24-35-8-6-9-36(25-35)26-44(52)49-27-34-16-18-38(19-17-34)45(53)46-22-23-54-30-40-12-7-11-37-10-4-5-13-41(37)40/h4-21,25,28,31,42,47,51H,22-24,26-27,29-30H2,1-3H3,(H,46,53)(H,49,52)/t31-,42+/m1/s1. The summed E-state index contributed by atoms with van der Waals surface area (Å²) in [6.07, 6.45) is 2.08. The molecule has 0 aliphatic heterocycles. The molecule has 0 unspecified atom stereocenters. The quantitative estimate of drug-likeness (QED) is 0.0779. The van der Waals surface area contributed by atoms with Crippen molar-refractivity contribution in [3.05, 3.63) is 166 Å². The molecule has 0 spiro atoms. The first-order valence-electron chi connectivity index (χ1n) is 18.5. The predicted octanol–water partition coefficient (Wildman–Crippen LogP) is 6.70. The third kappa shape index (κ3) is 10.3. The number of aromatic nitrogens is 2. The van der Waals surface area contributed by atoms with E-state index in [1.165, 1.54) is 10.8 Å². The van der Waals surface area contributed by atoms with Crippen molar-refractivity contribution in [2.75, 3.05) is 19.7 Å². The molecule has 0 aliphatic rings. The molecule has 2 atom stereocenters. The molecule has 0 bridgehead atoms. The molecule has 0 saturated heterocycles. The van der Waals surface area contributed by atoms with E-state index in [2.05, 4.69) is 81.0 Å². The van der Waals surface area contributed by atoms with Crippen LogP contribution in [-0.4, -0.2) is 52.2 Å². The number of pyridine rings is 1. The molecular formula is C45H49N5O4. The van der Waals surface area contributed by atoms with Crippen LogP contribution in [0.2, 0.25) is 0 Å². The second-order valence-corrected chi connectivity index (χ2v) is 13.8. The fourth-order valence-electron chi connectivity index (χ4n) is 6.64. The van der Waals surface area contributed by atoms with Gasteiger partial charge in [-0.05, 0) is 90.6 Å². The van der Waals surface area contributed by atoms with Crippen LogP contribution in [0.1, 0.15) is 62.6 Å². The Balaban J connectivity index is 0.882. The Bertz CT molecular complexity index is 2140. The SMILES string of the molecule is Cc1ccc(C)n1-c1ccc([C@@H](O)CN[C@H](C)Cc2cccc(CC(=O)NCc3ccc(C(=O)NCCOCc4cccc5ccccc45)cc3)c2)cn1. The van der Waals surface area contributed by atoms with E-state index in [0.29, 0.717) is 38.4 Å². The van der Waals surface area contributed by atoms with E-state index < -0.39 is 6.10 Å². The van der Waals surface area contributed by atoms with Gasteiger partial charge in [0.2, 0.25) is 5.91 Å². The van der Waals surface area contributed by atoms with Gasteiger partial charge >= 0.3 is 0 Å². The van der Waals surface area contributed by atoms with Crippen molar-refractivity contribution in [1.29, 1.82) is 0 Å². The van der Waals surface area contributed by atoms with Gasteiger partial charge in [-0.1, -0.05) is 84.9 Å². The largest absolute Gasteiger partial charge is 0.387 e. The third-order valence-electron chi connectivity index (χ3n) is 9.59. The van der Waals surface area contributed by atoms with E-state index >= 15 is 0 Å². The van der Waals surface area contributed by atoms with Gasteiger partial charge < -0.3 is 30.4 Å². The molecule has 0 radical (unpaired) electrons. The number of nitrogens with zero attached hydrogens (tertiary/aromatic N) is 2. The van der Waals surface area contributed by atoms with Gasteiger partial charge in [0.1, 0.15) is 5.82 Å². The topological polar surface area (TPSA) is 118 Å². The lowest BCUT2D eigenvalue weighted by Crippen LogP contribution is -2.32. The number of aryl methyl sites for hydroxylation is 2. The van der Waals surface area contributed by atoms with Crippen LogP contribution in [0.25, 0.3) is 16.6 Å². The number of carbonyl (C=O) groups is 2. The van der Waals surface area contributed by atoms with Crippen LogP contribution in [0.4, 0.5) is 0 Å². The normalized spacial score (nSPS) is 12.4. The highest BCUT2D eigenvalue weighted by molar-refractivity contribution is 5.94. The van der Waals surface area contributed by atoms with Crippen LogP contribution in [0, 0.1) is 13.8 Å². The fraction of sp³-hybridized carbons (Fsp3) is 0.267. The molecule has 2 amide bonds. The molecule has 0 aliphatic carbocycles. The van der Waals surface area contributed by atoms with E-state index in [9.17, 15) is 14.7 Å². The summed E-state index contributed by atoms with van der Waals surface area (Å²) in [6.45, 7) is 8.25. The van der Waals surface area contributed by atoms with Crippen LogP contribution in [0.5, 0.6) is 0 Å². The first-order chi connectivity index (χ1) is 26.2. The van der Waals surface area contributed by atoms with E-state index in [0.717, 1.165) is 51.4 Å². The first-order valence-corrected chi connectivity index (χ1v) is 18.5. The zero-order valence-corrected chi connectivity index (χ0v) is 31.2. The van der Waals surface area contributed by atoms with Crippen molar-refractivity contribution in [2.24, 2.45) is 0 Å². The second kappa shape index (κ2) is 18.4. The van der Waals surface area contributed by atoms with Crippen molar-refractivity contribution < 1.29 is 19.4 Å².